The predicted molar refractivity (Wildman–Crippen MR) is 62.8 cm³/mol. The van der Waals surface area contributed by atoms with E-state index < -0.39 is 0 Å². The Kier molecular flexibility index (Phi) is 2.13. The van der Waals surface area contributed by atoms with E-state index in [-0.39, 0.29) is 0 Å². The van der Waals surface area contributed by atoms with Gasteiger partial charge >= 0.3 is 0 Å². The lowest BCUT2D eigenvalue weighted by atomic mass is 10.1. The van der Waals surface area contributed by atoms with Crippen molar-refractivity contribution < 1.29 is 0 Å². The van der Waals surface area contributed by atoms with Crippen LogP contribution in [-0.4, -0.2) is 9.78 Å². The molecule has 3 heteroatoms. The van der Waals surface area contributed by atoms with Crippen LogP contribution in [0, 0.1) is 0 Å². The second-order valence-corrected chi connectivity index (χ2v) is 4.86. The smallest absolute Gasteiger partial charge is 0.0595 e. The van der Waals surface area contributed by atoms with Crippen molar-refractivity contribution in [3.63, 3.8) is 0 Å². The standard InChI is InChI=1S/C12H11BrN2/c13-10-4-2-9(3-5-10)11-8-12(11)15-7-1-6-14-15/h1-7,11-12H,8H2. The molecule has 0 N–H and O–H groups in total. The van der Waals surface area contributed by atoms with Gasteiger partial charge in [0.05, 0.1) is 6.04 Å². The van der Waals surface area contributed by atoms with Crippen LogP contribution in [-0.2, 0) is 0 Å². The average molecular weight is 263 g/mol. The number of rotatable bonds is 2. The van der Waals surface area contributed by atoms with E-state index in [1.54, 1.807) is 0 Å². The Bertz CT molecular complexity index is 447. The monoisotopic (exact) mass is 262 g/mol. The maximum absolute atomic E-state index is 4.28. The van der Waals surface area contributed by atoms with Crippen LogP contribution in [0.4, 0.5) is 0 Å². The zero-order chi connectivity index (χ0) is 10.3. The number of hydrogen-bond acceptors (Lipinski definition) is 1. The van der Waals surface area contributed by atoms with E-state index in [1.165, 1.54) is 12.0 Å². The largest absolute Gasteiger partial charge is 0.269 e. The molecular weight excluding hydrogens is 252 g/mol. The highest BCUT2D eigenvalue weighted by molar-refractivity contribution is 9.10. The third-order valence-corrected chi connectivity index (χ3v) is 3.45. The minimum Gasteiger partial charge on any atom is -0.269 e. The van der Waals surface area contributed by atoms with Crippen molar-refractivity contribution in [3.05, 3.63) is 52.8 Å². The minimum atomic E-state index is 0.571. The van der Waals surface area contributed by atoms with Crippen molar-refractivity contribution in [3.8, 4) is 0 Å². The summed E-state index contributed by atoms with van der Waals surface area (Å²) in [6, 6.07) is 11.1. The Hall–Kier alpha value is -1.09. The molecule has 0 saturated heterocycles. The molecule has 1 aliphatic rings. The molecule has 15 heavy (non-hydrogen) atoms. The first-order valence-corrected chi connectivity index (χ1v) is 5.88. The Morgan fingerprint density at radius 3 is 2.73 bits per heavy atom. The molecule has 1 fully saturated rings. The van der Waals surface area contributed by atoms with Gasteiger partial charge in [-0.1, -0.05) is 28.1 Å². The molecule has 2 nitrogen and oxygen atoms in total. The van der Waals surface area contributed by atoms with Crippen molar-refractivity contribution in [2.45, 2.75) is 18.4 Å². The van der Waals surface area contributed by atoms with E-state index in [1.807, 2.05) is 18.5 Å². The molecule has 0 spiro atoms. The molecule has 3 rings (SSSR count). The molecule has 2 aromatic rings. The van der Waals surface area contributed by atoms with E-state index in [0.717, 1.165) is 4.47 Å². The molecule has 0 amide bonds. The second kappa shape index (κ2) is 3.49. The molecule has 1 saturated carbocycles. The van der Waals surface area contributed by atoms with Crippen LogP contribution in [0.3, 0.4) is 0 Å². The number of nitrogens with zero attached hydrogens (tertiary/aromatic N) is 2. The second-order valence-electron chi connectivity index (χ2n) is 3.95. The Morgan fingerprint density at radius 1 is 1.27 bits per heavy atom. The van der Waals surface area contributed by atoms with Crippen molar-refractivity contribution in [2.24, 2.45) is 0 Å². The summed E-state index contributed by atoms with van der Waals surface area (Å²) in [6.45, 7) is 0. The zero-order valence-corrected chi connectivity index (χ0v) is 9.76. The normalized spacial score (nSPS) is 24.1. The number of halogens is 1. The van der Waals surface area contributed by atoms with Crippen LogP contribution in [0.1, 0.15) is 23.9 Å². The lowest BCUT2D eigenvalue weighted by molar-refractivity contribution is 0.625. The van der Waals surface area contributed by atoms with Gasteiger partial charge in [0.15, 0.2) is 0 Å². The molecule has 2 unspecified atom stereocenters. The van der Waals surface area contributed by atoms with Gasteiger partial charge in [-0.2, -0.15) is 5.10 Å². The van der Waals surface area contributed by atoms with Crippen molar-refractivity contribution in [2.75, 3.05) is 0 Å². The first-order chi connectivity index (χ1) is 7.34. The maximum atomic E-state index is 4.28. The molecule has 0 radical (unpaired) electrons. The summed E-state index contributed by atoms with van der Waals surface area (Å²) in [5.74, 6) is 0.651. The van der Waals surface area contributed by atoms with Crippen LogP contribution >= 0.6 is 15.9 Å². The van der Waals surface area contributed by atoms with Gasteiger partial charge in [0.25, 0.3) is 0 Å². The van der Waals surface area contributed by atoms with Gasteiger partial charge in [-0.05, 0) is 30.2 Å². The van der Waals surface area contributed by atoms with Gasteiger partial charge < -0.3 is 0 Å². The minimum absolute atomic E-state index is 0.571. The van der Waals surface area contributed by atoms with E-state index in [0.29, 0.717) is 12.0 Å². The Morgan fingerprint density at radius 2 is 2.07 bits per heavy atom. The summed E-state index contributed by atoms with van der Waals surface area (Å²) < 4.78 is 3.20. The average Bonchev–Trinajstić information content (AvgIpc) is 2.87. The topological polar surface area (TPSA) is 17.8 Å². The lowest BCUT2D eigenvalue weighted by Crippen LogP contribution is -1.95. The SMILES string of the molecule is Brc1ccc(C2CC2n2cccn2)cc1. The van der Waals surface area contributed by atoms with Gasteiger partial charge in [-0.15, -0.1) is 0 Å². The zero-order valence-electron chi connectivity index (χ0n) is 8.18. The first kappa shape index (κ1) is 9.16. The fourth-order valence-electron chi connectivity index (χ4n) is 2.02. The summed E-state index contributed by atoms with van der Waals surface area (Å²) in [5, 5.41) is 4.28. The third-order valence-electron chi connectivity index (χ3n) is 2.92. The van der Waals surface area contributed by atoms with E-state index in [2.05, 4.69) is 50.0 Å². The van der Waals surface area contributed by atoms with Gasteiger partial charge in [0.1, 0.15) is 0 Å². The summed E-state index contributed by atoms with van der Waals surface area (Å²) in [7, 11) is 0. The maximum Gasteiger partial charge on any atom is 0.0595 e. The first-order valence-electron chi connectivity index (χ1n) is 5.09. The summed E-state index contributed by atoms with van der Waals surface area (Å²) >= 11 is 3.45. The number of benzene rings is 1. The quantitative estimate of drug-likeness (QED) is 0.812. The van der Waals surface area contributed by atoms with Crippen LogP contribution in [0.5, 0.6) is 0 Å². The highest BCUT2D eigenvalue weighted by Crippen LogP contribution is 2.50. The molecule has 1 aliphatic carbocycles. The van der Waals surface area contributed by atoms with E-state index in [9.17, 15) is 0 Å². The van der Waals surface area contributed by atoms with Crippen LogP contribution in [0.15, 0.2) is 47.2 Å². The van der Waals surface area contributed by atoms with E-state index in [4.69, 9.17) is 0 Å². The number of hydrogen-bond donors (Lipinski definition) is 0. The molecule has 0 bridgehead atoms. The fraction of sp³-hybridized carbons (Fsp3) is 0.250. The third kappa shape index (κ3) is 1.72. The van der Waals surface area contributed by atoms with E-state index >= 15 is 0 Å². The van der Waals surface area contributed by atoms with Gasteiger partial charge in [0.2, 0.25) is 0 Å². The van der Waals surface area contributed by atoms with Crippen molar-refractivity contribution >= 4 is 15.9 Å². The highest BCUT2D eigenvalue weighted by Gasteiger charge is 2.40. The number of aromatic nitrogens is 2. The fourth-order valence-corrected chi connectivity index (χ4v) is 2.28. The summed E-state index contributed by atoms with van der Waals surface area (Å²) in [4.78, 5) is 0. The molecule has 1 aromatic heterocycles. The summed E-state index contributed by atoms with van der Waals surface area (Å²) in [5.41, 5.74) is 1.42. The molecule has 1 heterocycles. The summed E-state index contributed by atoms with van der Waals surface area (Å²) in [6.07, 6.45) is 5.10. The van der Waals surface area contributed by atoms with Crippen molar-refractivity contribution in [1.82, 2.24) is 9.78 Å². The van der Waals surface area contributed by atoms with Crippen LogP contribution in [0.2, 0.25) is 0 Å². The molecule has 0 aliphatic heterocycles. The molecule has 2 atom stereocenters. The highest BCUT2D eigenvalue weighted by atomic mass is 79.9. The molecule has 1 aromatic carbocycles. The van der Waals surface area contributed by atoms with Crippen LogP contribution < -0.4 is 0 Å². The predicted octanol–water partition coefficient (Wildman–Crippen LogP) is 3.37. The molecule has 76 valence electrons. The lowest BCUT2D eigenvalue weighted by Gasteiger charge is -2.01. The Labute approximate surface area is 97.1 Å². The van der Waals surface area contributed by atoms with Gasteiger partial charge in [-0.3, -0.25) is 4.68 Å². The molecular formula is C12H11BrN2. The Balaban J connectivity index is 1.79. The van der Waals surface area contributed by atoms with Crippen molar-refractivity contribution in [1.29, 1.82) is 0 Å². The van der Waals surface area contributed by atoms with Crippen LogP contribution in [0.25, 0.3) is 0 Å². The van der Waals surface area contributed by atoms with Gasteiger partial charge in [0, 0.05) is 22.8 Å². The van der Waals surface area contributed by atoms with Gasteiger partial charge in [-0.25, -0.2) is 0 Å².